The summed E-state index contributed by atoms with van der Waals surface area (Å²) < 4.78 is 1.71. The van der Waals surface area contributed by atoms with Crippen LogP contribution < -0.4 is 5.56 Å². The third kappa shape index (κ3) is 3.04. The van der Waals surface area contributed by atoms with Gasteiger partial charge in [-0.05, 0) is 32.3 Å². The van der Waals surface area contributed by atoms with Crippen LogP contribution >= 0.6 is 11.3 Å². The molecule has 0 bridgehead atoms. The average Bonchev–Trinajstić information content (AvgIpc) is 2.68. The largest absolute Gasteiger partial charge is 0.396 e. The van der Waals surface area contributed by atoms with Crippen LogP contribution in [0.25, 0.3) is 10.2 Å². The highest BCUT2D eigenvalue weighted by molar-refractivity contribution is 7.18. The number of rotatable bonds is 6. The maximum atomic E-state index is 12.4. The first-order valence-electron chi connectivity index (χ1n) is 6.71. The van der Waals surface area contributed by atoms with Crippen molar-refractivity contribution in [2.75, 3.05) is 6.61 Å². The molecule has 0 unspecified atom stereocenters. The number of aromatic nitrogens is 2. The van der Waals surface area contributed by atoms with Gasteiger partial charge in [0.1, 0.15) is 4.83 Å². The lowest BCUT2D eigenvalue weighted by Gasteiger charge is -2.05. The van der Waals surface area contributed by atoms with Gasteiger partial charge in [-0.2, -0.15) is 0 Å². The summed E-state index contributed by atoms with van der Waals surface area (Å²) in [6, 6.07) is 0. The summed E-state index contributed by atoms with van der Waals surface area (Å²) in [6.45, 7) is 4.98. The van der Waals surface area contributed by atoms with E-state index in [0.717, 1.165) is 41.5 Å². The summed E-state index contributed by atoms with van der Waals surface area (Å²) in [5.41, 5.74) is 1.14. The summed E-state index contributed by atoms with van der Waals surface area (Å²) in [5.74, 6) is 0. The average molecular weight is 280 g/mol. The van der Waals surface area contributed by atoms with E-state index in [4.69, 9.17) is 5.11 Å². The zero-order valence-electron chi connectivity index (χ0n) is 11.5. The number of aryl methyl sites for hydroxylation is 3. The van der Waals surface area contributed by atoms with Crippen LogP contribution in [-0.2, 0) is 6.54 Å². The molecule has 0 atom stereocenters. The molecule has 0 saturated carbocycles. The fraction of sp³-hybridized carbons (Fsp3) is 0.571. The van der Waals surface area contributed by atoms with E-state index in [1.165, 1.54) is 4.88 Å². The fourth-order valence-electron chi connectivity index (χ4n) is 2.18. The summed E-state index contributed by atoms with van der Waals surface area (Å²) in [7, 11) is 0. The van der Waals surface area contributed by atoms with Gasteiger partial charge < -0.3 is 5.11 Å². The molecule has 0 spiro atoms. The summed E-state index contributed by atoms with van der Waals surface area (Å²) in [4.78, 5) is 18.8. The van der Waals surface area contributed by atoms with E-state index in [2.05, 4.69) is 4.98 Å². The van der Waals surface area contributed by atoms with E-state index in [9.17, 15) is 4.79 Å². The van der Waals surface area contributed by atoms with E-state index >= 15 is 0 Å². The number of fused-ring (bicyclic) bond motifs is 1. The molecular weight excluding hydrogens is 260 g/mol. The fourth-order valence-corrected chi connectivity index (χ4v) is 3.16. The van der Waals surface area contributed by atoms with Gasteiger partial charge in [-0.1, -0.05) is 12.8 Å². The minimum Gasteiger partial charge on any atom is -0.396 e. The second-order valence-electron chi connectivity index (χ2n) is 4.84. The maximum absolute atomic E-state index is 12.4. The minimum atomic E-state index is 0.0778. The molecule has 1 N–H and O–H groups in total. The summed E-state index contributed by atoms with van der Waals surface area (Å²) in [6.07, 6.45) is 5.50. The number of hydrogen-bond donors (Lipinski definition) is 1. The zero-order valence-corrected chi connectivity index (χ0v) is 12.3. The smallest absolute Gasteiger partial charge is 0.262 e. The highest BCUT2D eigenvalue weighted by Gasteiger charge is 2.11. The number of aliphatic hydroxyl groups excluding tert-OH is 1. The van der Waals surface area contributed by atoms with Crippen molar-refractivity contribution in [1.82, 2.24) is 9.55 Å². The van der Waals surface area contributed by atoms with Gasteiger partial charge in [-0.15, -0.1) is 11.3 Å². The Labute approximate surface area is 116 Å². The predicted molar refractivity (Wildman–Crippen MR) is 78.9 cm³/mol. The summed E-state index contributed by atoms with van der Waals surface area (Å²) >= 11 is 1.58. The molecule has 0 amide bonds. The van der Waals surface area contributed by atoms with Crippen molar-refractivity contribution < 1.29 is 5.11 Å². The van der Waals surface area contributed by atoms with Crippen LogP contribution in [0.15, 0.2) is 11.1 Å². The van der Waals surface area contributed by atoms with Gasteiger partial charge in [0.2, 0.25) is 0 Å². The Balaban J connectivity index is 2.14. The molecule has 19 heavy (non-hydrogen) atoms. The topological polar surface area (TPSA) is 55.1 Å². The van der Waals surface area contributed by atoms with Crippen LogP contribution in [0.1, 0.15) is 36.1 Å². The molecule has 2 aromatic heterocycles. The Morgan fingerprint density at radius 3 is 2.74 bits per heavy atom. The maximum Gasteiger partial charge on any atom is 0.262 e. The van der Waals surface area contributed by atoms with E-state index in [1.54, 1.807) is 22.2 Å². The van der Waals surface area contributed by atoms with Gasteiger partial charge >= 0.3 is 0 Å². The SMILES string of the molecule is Cc1sc2ncn(CCCCCCO)c(=O)c2c1C. The van der Waals surface area contributed by atoms with Crippen LogP contribution in [0, 0.1) is 13.8 Å². The van der Waals surface area contributed by atoms with Crippen LogP contribution in [0.5, 0.6) is 0 Å². The molecule has 0 fully saturated rings. The van der Waals surface area contributed by atoms with Crippen molar-refractivity contribution in [3.8, 4) is 0 Å². The first-order valence-corrected chi connectivity index (χ1v) is 7.52. The number of thiophene rings is 1. The molecule has 2 aromatic rings. The Bertz CT molecular complexity index is 616. The zero-order chi connectivity index (χ0) is 13.8. The molecule has 0 aliphatic carbocycles. The molecule has 2 rings (SSSR count). The molecule has 0 radical (unpaired) electrons. The van der Waals surface area contributed by atoms with Crippen molar-refractivity contribution >= 4 is 21.6 Å². The third-order valence-corrected chi connectivity index (χ3v) is 4.58. The number of nitrogens with zero attached hydrogens (tertiary/aromatic N) is 2. The minimum absolute atomic E-state index is 0.0778. The molecule has 0 saturated heterocycles. The van der Waals surface area contributed by atoms with Gasteiger partial charge in [0.25, 0.3) is 5.56 Å². The number of unbranched alkanes of at least 4 members (excludes halogenated alkanes) is 3. The molecule has 0 aliphatic rings. The highest BCUT2D eigenvalue weighted by atomic mass is 32.1. The van der Waals surface area contributed by atoms with Crippen molar-refractivity contribution in [2.24, 2.45) is 0 Å². The number of aliphatic hydroxyl groups is 1. The summed E-state index contributed by atoms with van der Waals surface area (Å²) in [5, 5.41) is 9.49. The molecule has 0 aliphatic heterocycles. The molecule has 104 valence electrons. The van der Waals surface area contributed by atoms with E-state index in [-0.39, 0.29) is 12.2 Å². The van der Waals surface area contributed by atoms with Crippen molar-refractivity contribution in [3.63, 3.8) is 0 Å². The lowest BCUT2D eigenvalue weighted by atomic mass is 10.2. The molecular formula is C14H20N2O2S. The Morgan fingerprint density at radius 1 is 1.26 bits per heavy atom. The van der Waals surface area contributed by atoms with Gasteiger partial charge in [-0.25, -0.2) is 4.98 Å². The Morgan fingerprint density at radius 2 is 2.00 bits per heavy atom. The van der Waals surface area contributed by atoms with Gasteiger partial charge in [-0.3, -0.25) is 9.36 Å². The molecule has 0 aromatic carbocycles. The predicted octanol–water partition coefficient (Wildman–Crippen LogP) is 2.63. The Kier molecular flexibility index (Phi) is 4.71. The van der Waals surface area contributed by atoms with E-state index < -0.39 is 0 Å². The quantitative estimate of drug-likeness (QED) is 0.828. The molecule has 5 heteroatoms. The van der Waals surface area contributed by atoms with Gasteiger partial charge in [0.15, 0.2) is 0 Å². The monoisotopic (exact) mass is 280 g/mol. The van der Waals surface area contributed by atoms with Crippen molar-refractivity contribution in [1.29, 1.82) is 0 Å². The van der Waals surface area contributed by atoms with Crippen LogP contribution in [0.4, 0.5) is 0 Å². The van der Waals surface area contributed by atoms with E-state index in [0.29, 0.717) is 6.54 Å². The van der Waals surface area contributed by atoms with Crippen molar-refractivity contribution in [3.05, 3.63) is 27.1 Å². The molecule has 2 heterocycles. The first kappa shape index (κ1) is 14.2. The van der Waals surface area contributed by atoms with Crippen LogP contribution in [0.2, 0.25) is 0 Å². The lowest BCUT2D eigenvalue weighted by molar-refractivity contribution is 0.282. The third-order valence-electron chi connectivity index (χ3n) is 3.46. The Hall–Kier alpha value is -1.20. The van der Waals surface area contributed by atoms with Crippen LogP contribution in [-0.4, -0.2) is 21.3 Å². The number of hydrogen-bond acceptors (Lipinski definition) is 4. The van der Waals surface area contributed by atoms with Crippen molar-refractivity contribution in [2.45, 2.75) is 46.1 Å². The first-order chi connectivity index (χ1) is 9.15. The second-order valence-corrected chi connectivity index (χ2v) is 6.05. The standard InChI is InChI=1S/C14H20N2O2S/c1-10-11(2)19-13-12(10)14(18)16(9-15-13)7-5-3-4-6-8-17/h9,17H,3-8H2,1-2H3. The normalized spacial score (nSPS) is 11.3. The molecule has 4 nitrogen and oxygen atoms in total. The van der Waals surface area contributed by atoms with Gasteiger partial charge in [0.05, 0.1) is 11.7 Å². The lowest BCUT2D eigenvalue weighted by Crippen LogP contribution is -2.20. The second kappa shape index (κ2) is 6.30. The highest BCUT2D eigenvalue weighted by Crippen LogP contribution is 2.25. The van der Waals surface area contributed by atoms with Gasteiger partial charge in [0, 0.05) is 18.0 Å². The van der Waals surface area contributed by atoms with Crippen LogP contribution in [0.3, 0.4) is 0 Å². The van der Waals surface area contributed by atoms with E-state index in [1.807, 2.05) is 13.8 Å².